The predicted molar refractivity (Wildman–Crippen MR) is 112 cm³/mol. The van der Waals surface area contributed by atoms with E-state index in [1.54, 1.807) is 6.07 Å². The molecule has 2 aromatic rings. The van der Waals surface area contributed by atoms with Gasteiger partial charge < -0.3 is 24.7 Å². The lowest BCUT2D eigenvalue weighted by Crippen LogP contribution is -2.44. The zero-order valence-electron chi connectivity index (χ0n) is 16.8. The van der Waals surface area contributed by atoms with Gasteiger partial charge in [0.2, 0.25) is 0 Å². The molecule has 0 saturated carbocycles. The van der Waals surface area contributed by atoms with Gasteiger partial charge in [-0.3, -0.25) is 9.69 Å². The summed E-state index contributed by atoms with van der Waals surface area (Å²) in [6.07, 6.45) is 1.85. The van der Waals surface area contributed by atoms with E-state index in [0.29, 0.717) is 12.1 Å². The Hall–Kier alpha value is -2.55. The zero-order chi connectivity index (χ0) is 22.6. The standard InChI is InChI=1S/C21H22N2O3.H3O4P/c24-20-19-16(7-4-8-18(19)21(25)26)14-23(20)17-9-11-22(12-10-17)13-15-5-2-1-3-6-15;1-5(2,3)4/h1-8,17H,9-14H2,(H,25,26);(H3,1,2,3,4). The number of benzene rings is 2. The Morgan fingerprint density at radius 3 is 2.19 bits per heavy atom. The van der Waals surface area contributed by atoms with Crippen molar-refractivity contribution in [1.29, 1.82) is 0 Å². The second kappa shape index (κ2) is 9.72. The van der Waals surface area contributed by atoms with Crippen molar-refractivity contribution in [2.75, 3.05) is 13.1 Å². The molecule has 2 aromatic carbocycles. The molecule has 0 atom stereocenters. The van der Waals surface area contributed by atoms with Crippen LogP contribution in [0.3, 0.4) is 0 Å². The van der Waals surface area contributed by atoms with Gasteiger partial charge in [-0.05, 0) is 30.0 Å². The average molecular weight is 448 g/mol. The lowest BCUT2D eigenvalue weighted by atomic mass is 10.0. The number of rotatable bonds is 4. The van der Waals surface area contributed by atoms with Crippen molar-refractivity contribution < 1.29 is 33.9 Å². The third-order valence-corrected chi connectivity index (χ3v) is 5.44. The molecule has 9 nitrogen and oxygen atoms in total. The van der Waals surface area contributed by atoms with Gasteiger partial charge in [-0.15, -0.1) is 0 Å². The highest BCUT2D eigenvalue weighted by Gasteiger charge is 2.36. The Labute approximate surface area is 179 Å². The van der Waals surface area contributed by atoms with Crippen molar-refractivity contribution in [3.8, 4) is 0 Å². The highest BCUT2D eigenvalue weighted by Crippen LogP contribution is 2.31. The molecule has 0 bridgehead atoms. The minimum atomic E-state index is -4.64. The molecule has 0 aliphatic carbocycles. The van der Waals surface area contributed by atoms with Crippen molar-refractivity contribution in [2.45, 2.75) is 32.0 Å². The molecule has 10 heteroatoms. The molecular formula is C21H25N2O7P. The number of fused-ring (bicyclic) bond motifs is 1. The predicted octanol–water partition coefficient (Wildman–Crippen LogP) is 2.08. The summed E-state index contributed by atoms with van der Waals surface area (Å²) in [5.41, 5.74) is 2.64. The van der Waals surface area contributed by atoms with Crippen molar-refractivity contribution in [3.05, 3.63) is 70.8 Å². The summed E-state index contributed by atoms with van der Waals surface area (Å²) in [4.78, 5) is 50.1. The zero-order valence-corrected chi connectivity index (χ0v) is 17.7. The molecular weight excluding hydrogens is 423 g/mol. The van der Waals surface area contributed by atoms with Crippen LogP contribution in [-0.4, -0.2) is 60.6 Å². The minimum absolute atomic E-state index is 0.122. The van der Waals surface area contributed by atoms with Crippen LogP contribution in [-0.2, 0) is 17.7 Å². The van der Waals surface area contributed by atoms with Crippen LogP contribution < -0.4 is 0 Å². The molecule has 1 fully saturated rings. The first kappa shape index (κ1) is 23.1. The average Bonchev–Trinajstić information content (AvgIpc) is 3.05. The molecule has 2 heterocycles. The van der Waals surface area contributed by atoms with E-state index in [1.165, 1.54) is 11.6 Å². The number of hydrogen-bond donors (Lipinski definition) is 4. The lowest BCUT2D eigenvalue weighted by Gasteiger charge is -2.36. The van der Waals surface area contributed by atoms with Gasteiger partial charge in [-0.2, -0.15) is 0 Å². The minimum Gasteiger partial charge on any atom is -0.478 e. The normalized spacial score (nSPS) is 17.1. The van der Waals surface area contributed by atoms with Gasteiger partial charge >= 0.3 is 13.8 Å². The molecule has 4 rings (SSSR count). The SMILES string of the molecule is O=C(O)c1cccc2c1C(=O)N(C1CCN(Cc3ccccc3)CC1)C2.O=P(O)(O)O. The van der Waals surface area contributed by atoms with Crippen LogP contribution in [0.15, 0.2) is 48.5 Å². The molecule has 166 valence electrons. The molecule has 1 saturated heterocycles. The molecule has 2 aliphatic rings. The highest BCUT2D eigenvalue weighted by atomic mass is 31.2. The number of carboxylic acids is 1. The topological polar surface area (TPSA) is 139 Å². The second-order valence-electron chi connectivity index (χ2n) is 7.58. The number of nitrogens with zero attached hydrogens (tertiary/aromatic N) is 2. The number of carbonyl (C=O) groups excluding carboxylic acids is 1. The maximum Gasteiger partial charge on any atom is 0.466 e. The largest absolute Gasteiger partial charge is 0.478 e. The number of aromatic carboxylic acids is 1. The third-order valence-electron chi connectivity index (χ3n) is 5.44. The fourth-order valence-corrected chi connectivity index (χ4v) is 4.09. The summed E-state index contributed by atoms with van der Waals surface area (Å²) in [7, 11) is -4.64. The van der Waals surface area contributed by atoms with Crippen LogP contribution in [0.2, 0.25) is 0 Å². The van der Waals surface area contributed by atoms with Crippen LogP contribution in [0.1, 0.15) is 44.7 Å². The number of amides is 1. The molecule has 2 aliphatic heterocycles. The highest BCUT2D eigenvalue weighted by molar-refractivity contribution is 7.45. The van der Waals surface area contributed by atoms with Gasteiger partial charge in [-0.25, -0.2) is 9.36 Å². The summed E-state index contributed by atoms with van der Waals surface area (Å²) in [5, 5.41) is 9.36. The number of phosphoric acid groups is 1. The Kier molecular flexibility index (Phi) is 7.25. The van der Waals surface area contributed by atoms with E-state index in [-0.39, 0.29) is 17.5 Å². The first-order valence-corrected chi connectivity index (χ1v) is 11.4. The van der Waals surface area contributed by atoms with E-state index in [0.717, 1.165) is 38.0 Å². The first-order chi connectivity index (χ1) is 14.6. The second-order valence-corrected chi connectivity index (χ2v) is 8.61. The summed E-state index contributed by atoms with van der Waals surface area (Å²) in [6.45, 7) is 3.36. The monoisotopic (exact) mass is 448 g/mol. The fraction of sp³-hybridized carbons (Fsp3) is 0.333. The molecule has 0 radical (unpaired) electrons. The number of carboxylic acid groups (broad SMARTS) is 1. The maximum absolute atomic E-state index is 12.8. The number of likely N-dealkylation sites (tertiary alicyclic amines) is 1. The molecule has 0 spiro atoms. The maximum atomic E-state index is 12.8. The van der Waals surface area contributed by atoms with Crippen molar-refractivity contribution in [2.24, 2.45) is 0 Å². The number of hydrogen-bond acceptors (Lipinski definition) is 4. The van der Waals surface area contributed by atoms with Crippen LogP contribution >= 0.6 is 7.82 Å². The summed E-state index contributed by atoms with van der Waals surface area (Å²) in [5.74, 6) is -1.16. The molecule has 31 heavy (non-hydrogen) atoms. The van der Waals surface area contributed by atoms with Gasteiger partial charge in [0.25, 0.3) is 5.91 Å². The van der Waals surface area contributed by atoms with Crippen LogP contribution in [0.4, 0.5) is 0 Å². The smallest absolute Gasteiger partial charge is 0.466 e. The van der Waals surface area contributed by atoms with Crippen LogP contribution in [0.5, 0.6) is 0 Å². The van der Waals surface area contributed by atoms with Crippen molar-refractivity contribution in [1.82, 2.24) is 9.80 Å². The Morgan fingerprint density at radius 1 is 1.00 bits per heavy atom. The Balaban J connectivity index is 0.000000491. The van der Waals surface area contributed by atoms with E-state index in [9.17, 15) is 14.7 Å². The number of piperidine rings is 1. The van der Waals surface area contributed by atoms with Gasteiger partial charge in [0.1, 0.15) is 0 Å². The fourth-order valence-electron chi connectivity index (χ4n) is 4.09. The molecule has 4 N–H and O–H groups in total. The summed E-state index contributed by atoms with van der Waals surface area (Å²) >= 11 is 0. The van der Waals surface area contributed by atoms with E-state index in [4.69, 9.17) is 19.2 Å². The van der Waals surface area contributed by atoms with E-state index in [1.807, 2.05) is 17.0 Å². The molecule has 0 aromatic heterocycles. The van der Waals surface area contributed by atoms with Gasteiger partial charge in [0.05, 0.1) is 11.1 Å². The first-order valence-electron chi connectivity index (χ1n) is 9.84. The Bertz CT molecular complexity index is 976. The van der Waals surface area contributed by atoms with Crippen LogP contribution in [0.25, 0.3) is 0 Å². The van der Waals surface area contributed by atoms with E-state index >= 15 is 0 Å². The van der Waals surface area contributed by atoms with Crippen LogP contribution in [0, 0.1) is 0 Å². The van der Waals surface area contributed by atoms with Gasteiger partial charge in [0.15, 0.2) is 0 Å². The van der Waals surface area contributed by atoms with Crippen molar-refractivity contribution in [3.63, 3.8) is 0 Å². The summed E-state index contributed by atoms with van der Waals surface area (Å²) in [6, 6.07) is 15.7. The van der Waals surface area contributed by atoms with E-state index in [2.05, 4.69) is 29.2 Å². The molecule has 0 unspecified atom stereocenters. The van der Waals surface area contributed by atoms with E-state index < -0.39 is 13.8 Å². The van der Waals surface area contributed by atoms with Crippen molar-refractivity contribution >= 4 is 19.7 Å². The third kappa shape index (κ3) is 6.22. The summed E-state index contributed by atoms with van der Waals surface area (Å²) < 4.78 is 8.88. The Morgan fingerprint density at radius 2 is 1.61 bits per heavy atom. The number of carbonyl (C=O) groups is 2. The van der Waals surface area contributed by atoms with Gasteiger partial charge in [-0.1, -0.05) is 42.5 Å². The molecule has 1 amide bonds. The quantitative estimate of drug-likeness (QED) is 0.522. The van der Waals surface area contributed by atoms with Gasteiger partial charge in [0, 0.05) is 32.2 Å². The lowest BCUT2D eigenvalue weighted by molar-refractivity contribution is 0.0580.